The number of nitrogens with one attached hydrogen (secondary N) is 1. The Morgan fingerprint density at radius 1 is 1.16 bits per heavy atom. The van der Waals surface area contributed by atoms with Crippen LogP contribution in [0.15, 0.2) is 30.3 Å². The number of nitrogens with zero attached hydrogens (tertiary/aromatic N) is 1. The molecule has 1 aliphatic rings. The number of likely N-dealkylation sites (tertiary alicyclic amines) is 1. The van der Waals surface area contributed by atoms with E-state index < -0.39 is 0 Å². The van der Waals surface area contributed by atoms with Crippen molar-refractivity contribution in [2.75, 3.05) is 40.0 Å². The van der Waals surface area contributed by atoms with Crippen molar-refractivity contribution in [3.63, 3.8) is 0 Å². The van der Waals surface area contributed by atoms with Crippen LogP contribution in [0, 0.1) is 0 Å². The van der Waals surface area contributed by atoms with Crippen LogP contribution in [-0.2, 0) is 25.6 Å². The van der Waals surface area contributed by atoms with Crippen LogP contribution in [0.3, 0.4) is 0 Å². The van der Waals surface area contributed by atoms with Crippen LogP contribution in [0.5, 0.6) is 0 Å². The molecule has 0 bridgehead atoms. The predicted molar refractivity (Wildman–Crippen MR) is 92.1 cm³/mol. The summed E-state index contributed by atoms with van der Waals surface area (Å²) in [5.41, 5.74) is 0.964. The Morgan fingerprint density at radius 3 is 2.56 bits per heavy atom. The van der Waals surface area contributed by atoms with Crippen molar-refractivity contribution >= 4 is 12.0 Å². The van der Waals surface area contributed by atoms with Crippen LogP contribution in [0.25, 0.3) is 0 Å². The number of methoxy groups -OCH3 is 1. The maximum Gasteiger partial charge on any atom is 0.410 e. The highest BCUT2D eigenvalue weighted by atomic mass is 16.6. The number of piperidine rings is 1. The van der Waals surface area contributed by atoms with Gasteiger partial charge in [-0.15, -0.1) is 0 Å². The van der Waals surface area contributed by atoms with Gasteiger partial charge >= 0.3 is 6.09 Å². The molecule has 0 saturated carbocycles. The van der Waals surface area contributed by atoms with E-state index in [0.717, 1.165) is 5.56 Å². The number of benzene rings is 1. The molecule has 0 aliphatic carbocycles. The van der Waals surface area contributed by atoms with Gasteiger partial charge in [0.25, 0.3) is 0 Å². The van der Waals surface area contributed by atoms with Crippen LogP contribution in [0.4, 0.5) is 4.79 Å². The van der Waals surface area contributed by atoms with Gasteiger partial charge in [0.2, 0.25) is 5.91 Å². The fraction of sp³-hybridized carbons (Fsp3) is 0.556. The second-order valence-corrected chi connectivity index (χ2v) is 5.91. The Bertz CT molecular complexity index is 530. The summed E-state index contributed by atoms with van der Waals surface area (Å²) < 4.78 is 15.4. The Morgan fingerprint density at radius 2 is 1.88 bits per heavy atom. The predicted octanol–water partition coefficient (Wildman–Crippen LogP) is 1.57. The van der Waals surface area contributed by atoms with E-state index in [1.54, 1.807) is 12.0 Å². The molecule has 0 aromatic heterocycles. The highest BCUT2D eigenvalue weighted by Gasteiger charge is 2.24. The minimum absolute atomic E-state index is 0.0304. The van der Waals surface area contributed by atoms with Gasteiger partial charge in [-0.25, -0.2) is 4.79 Å². The van der Waals surface area contributed by atoms with E-state index in [-0.39, 0.29) is 31.3 Å². The van der Waals surface area contributed by atoms with Gasteiger partial charge in [0.15, 0.2) is 0 Å². The highest BCUT2D eigenvalue weighted by molar-refractivity contribution is 5.77. The number of carbonyl (C=O) groups excluding carboxylic acids is 2. The van der Waals surface area contributed by atoms with Crippen molar-refractivity contribution in [3.05, 3.63) is 35.9 Å². The molecule has 1 heterocycles. The van der Waals surface area contributed by atoms with E-state index in [4.69, 9.17) is 14.2 Å². The molecule has 2 rings (SSSR count). The van der Waals surface area contributed by atoms with Crippen molar-refractivity contribution in [2.45, 2.75) is 25.5 Å². The first-order chi connectivity index (χ1) is 12.2. The van der Waals surface area contributed by atoms with E-state index in [9.17, 15) is 9.59 Å². The molecule has 0 atom stereocenters. The third-order valence-electron chi connectivity index (χ3n) is 3.99. The topological polar surface area (TPSA) is 77.1 Å². The van der Waals surface area contributed by atoms with Gasteiger partial charge in [0.05, 0.1) is 13.2 Å². The average molecular weight is 350 g/mol. The fourth-order valence-corrected chi connectivity index (χ4v) is 2.59. The van der Waals surface area contributed by atoms with Gasteiger partial charge in [0.1, 0.15) is 13.2 Å². The Labute approximate surface area is 148 Å². The molecule has 1 fully saturated rings. The molecule has 0 radical (unpaired) electrons. The molecule has 0 spiro atoms. The first kappa shape index (κ1) is 19.2. The number of ether oxygens (including phenoxy) is 3. The van der Waals surface area contributed by atoms with Crippen LogP contribution in [0.1, 0.15) is 18.4 Å². The Kier molecular flexibility index (Phi) is 8.21. The molecule has 2 amide bonds. The molecule has 7 heteroatoms. The number of hydrogen-bond donors (Lipinski definition) is 1. The number of hydrogen-bond acceptors (Lipinski definition) is 5. The SMILES string of the molecule is COCCOCC(=O)NC1CCN(C(=O)OCc2ccccc2)CC1. The van der Waals surface area contributed by atoms with Crippen molar-refractivity contribution in [1.82, 2.24) is 10.2 Å². The summed E-state index contributed by atoms with van der Waals surface area (Å²) in [4.78, 5) is 25.5. The zero-order chi connectivity index (χ0) is 17.9. The molecule has 1 saturated heterocycles. The van der Waals surface area contributed by atoms with E-state index in [0.29, 0.717) is 39.1 Å². The smallest absolute Gasteiger partial charge is 0.410 e. The standard InChI is InChI=1S/C18H26N2O5/c1-23-11-12-24-14-17(21)19-16-7-9-20(10-8-16)18(22)25-13-15-5-3-2-4-6-15/h2-6,16H,7-14H2,1H3,(H,19,21). The van der Waals surface area contributed by atoms with Crippen molar-refractivity contribution < 1.29 is 23.8 Å². The maximum atomic E-state index is 12.1. The number of amides is 2. The van der Waals surface area contributed by atoms with Crippen molar-refractivity contribution in [1.29, 1.82) is 0 Å². The molecule has 138 valence electrons. The van der Waals surface area contributed by atoms with E-state index in [1.165, 1.54) is 0 Å². The second-order valence-electron chi connectivity index (χ2n) is 5.91. The van der Waals surface area contributed by atoms with E-state index in [1.807, 2.05) is 30.3 Å². The maximum absolute atomic E-state index is 12.1. The lowest BCUT2D eigenvalue weighted by atomic mass is 10.1. The summed E-state index contributed by atoms with van der Waals surface area (Å²) in [6.07, 6.45) is 1.12. The molecule has 1 aromatic rings. The molecule has 1 aromatic carbocycles. The summed E-state index contributed by atoms with van der Waals surface area (Å²) >= 11 is 0. The van der Waals surface area contributed by atoms with Gasteiger partial charge in [-0.1, -0.05) is 30.3 Å². The molecule has 25 heavy (non-hydrogen) atoms. The van der Waals surface area contributed by atoms with Crippen LogP contribution >= 0.6 is 0 Å². The lowest BCUT2D eigenvalue weighted by Crippen LogP contribution is -2.47. The van der Waals surface area contributed by atoms with Gasteiger partial charge < -0.3 is 24.4 Å². The van der Waals surface area contributed by atoms with Crippen LogP contribution in [-0.4, -0.2) is 63.0 Å². The quantitative estimate of drug-likeness (QED) is 0.720. The fourth-order valence-electron chi connectivity index (χ4n) is 2.59. The van der Waals surface area contributed by atoms with Crippen molar-refractivity contribution in [2.24, 2.45) is 0 Å². The van der Waals surface area contributed by atoms with Crippen molar-refractivity contribution in [3.8, 4) is 0 Å². The zero-order valence-electron chi connectivity index (χ0n) is 14.6. The molecule has 1 aliphatic heterocycles. The summed E-state index contributed by atoms with van der Waals surface area (Å²) in [5, 5.41) is 2.93. The first-order valence-corrected chi connectivity index (χ1v) is 8.50. The molecule has 0 unspecified atom stereocenters. The van der Waals surface area contributed by atoms with Crippen LogP contribution < -0.4 is 5.32 Å². The largest absolute Gasteiger partial charge is 0.445 e. The first-order valence-electron chi connectivity index (χ1n) is 8.50. The van der Waals surface area contributed by atoms with E-state index in [2.05, 4.69) is 5.32 Å². The van der Waals surface area contributed by atoms with Crippen LogP contribution in [0.2, 0.25) is 0 Å². The number of carbonyl (C=O) groups is 2. The lowest BCUT2D eigenvalue weighted by molar-refractivity contribution is -0.127. The lowest BCUT2D eigenvalue weighted by Gasteiger charge is -2.31. The summed E-state index contributed by atoms with van der Waals surface area (Å²) in [6, 6.07) is 9.66. The zero-order valence-corrected chi connectivity index (χ0v) is 14.6. The summed E-state index contributed by atoms with van der Waals surface area (Å²) in [7, 11) is 1.59. The van der Waals surface area contributed by atoms with Gasteiger partial charge in [-0.05, 0) is 18.4 Å². The van der Waals surface area contributed by atoms with Gasteiger partial charge in [0, 0.05) is 26.2 Å². The highest BCUT2D eigenvalue weighted by Crippen LogP contribution is 2.12. The Balaban J connectivity index is 1.62. The Hall–Kier alpha value is -2.12. The summed E-state index contributed by atoms with van der Waals surface area (Å²) in [6.45, 7) is 2.32. The minimum Gasteiger partial charge on any atom is -0.445 e. The monoisotopic (exact) mass is 350 g/mol. The average Bonchev–Trinajstić information content (AvgIpc) is 2.65. The molecular formula is C18H26N2O5. The second kappa shape index (κ2) is 10.7. The number of rotatable bonds is 8. The molecule has 1 N–H and O–H groups in total. The molecule has 7 nitrogen and oxygen atoms in total. The normalized spacial score (nSPS) is 15.0. The van der Waals surface area contributed by atoms with Gasteiger partial charge in [-0.2, -0.15) is 0 Å². The molecular weight excluding hydrogens is 324 g/mol. The third-order valence-corrected chi connectivity index (χ3v) is 3.99. The minimum atomic E-state index is -0.309. The van der Waals surface area contributed by atoms with E-state index >= 15 is 0 Å². The summed E-state index contributed by atoms with van der Waals surface area (Å²) in [5.74, 6) is -0.138. The third kappa shape index (κ3) is 7.11. The van der Waals surface area contributed by atoms with Gasteiger partial charge in [-0.3, -0.25) is 4.79 Å².